The summed E-state index contributed by atoms with van der Waals surface area (Å²) in [6.07, 6.45) is -3.94. The lowest BCUT2D eigenvalue weighted by Gasteiger charge is -2.15. The molecule has 0 amide bonds. The van der Waals surface area contributed by atoms with Gasteiger partial charge in [0, 0.05) is 0 Å². The maximum absolute atomic E-state index is 13.1. The molecule has 0 fully saturated rings. The third-order valence-electron chi connectivity index (χ3n) is 2.20. The predicted molar refractivity (Wildman–Crippen MR) is 50.9 cm³/mol. The topological polar surface area (TPSA) is 78.5 Å². The zero-order valence-electron chi connectivity index (χ0n) is 9.64. The maximum Gasteiger partial charge on any atom is 0.461 e. The standard InChI is InChI=1S/C8H5F5N6O/c1-4-16-5(7(9,10)8(11,12)13)17-19(4)6(20)18-3-14-2-15-18/h2-3H,1H3. The smallest absolute Gasteiger partial charge is 0.243 e. The largest absolute Gasteiger partial charge is 0.461 e. The molecule has 20 heavy (non-hydrogen) atoms. The van der Waals surface area contributed by atoms with E-state index in [9.17, 15) is 26.7 Å². The van der Waals surface area contributed by atoms with Gasteiger partial charge in [0.15, 0.2) is 0 Å². The van der Waals surface area contributed by atoms with E-state index < -0.39 is 29.8 Å². The van der Waals surface area contributed by atoms with Crippen LogP contribution in [0.3, 0.4) is 0 Å². The molecule has 0 saturated heterocycles. The van der Waals surface area contributed by atoms with Gasteiger partial charge in [0.05, 0.1) is 0 Å². The van der Waals surface area contributed by atoms with E-state index in [1.54, 1.807) is 0 Å². The summed E-state index contributed by atoms with van der Waals surface area (Å²) < 4.78 is 63.5. The molecule has 12 heteroatoms. The van der Waals surface area contributed by atoms with Gasteiger partial charge >= 0.3 is 18.1 Å². The summed E-state index contributed by atoms with van der Waals surface area (Å²) in [4.78, 5) is 18.1. The van der Waals surface area contributed by atoms with Gasteiger partial charge in [-0.15, -0.1) is 5.10 Å². The molecule has 108 valence electrons. The first-order valence-corrected chi connectivity index (χ1v) is 4.92. The van der Waals surface area contributed by atoms with Crippen LogP contribution in [0.4, 0.5) is 26.7 Å². The second-order valence-corrected chi connectivity index (χ2v) is 3.59. The summed E-state index contributed by atoms with van der Waals surface area (Å²) >= 11 is 0. The number of aromatic nitrogens is 6. The highest BCUT2D eigenvalue weighted by molar-refractivity contribution is 5.77. The number of alkyl halides is 5. The SMILES string of the molecule is Cc1nc(C(F)(F)C(F)(F)F)nn1C(=O)n1cncn1. The van der Waals surface area contributed by atoms with Crippen LogP contribution >= 0.6 is 0 Å². The van der Waals surface area contributed by atoms with Gasteiger partial charge in [-0.1, -0.05) is 0 Å². The molecular formula is C8H5F5N6O. The van der Waals surface area contributed by atoms with Crippen molar-refractivity contribution in [3.8, 4) is 0 Å². The minimum atomic E-state index is -5.86. The van der Waals surface area contributed by atoms with Gasteiger partial charge < -0.3 is 0 Å². The van der Waals surface area contributed by atoms with E-state index in [1.807, 2.05) is 0 Å². The highest BCUT2D eigenvalue weighted by atomic mass is 19.4. The summed E-state index contributed by atoms with van der Waals surface area (Å²) in [5.41, 5.74) is 0. The molecule has 0 aliphatic rings. The average molecular weight is 296 g/mol. The molecule has 2 heterocycles. The van der Waals surface area contributed by atoms with Crippen molar-refractivity contribution >= 4 is 6.03 Å². The molecule has 0 aromatic carbocycles. The Morgan fingerprint density at radius 1 is 1.25 bits per heavy atom. The highest BCUT2D eigenvalue weighted by Gasteiger charge is 2.62. The normalized spacial score (nSPS) is 12.7. The first-order valence-electron chi connectivity index (χ1n) is 4.92. The molecule has 0 bridgehead atoms. The number of carbonyl (C=O) groups excluding carboxylic acids is 1. The summed E-state index contributed by atoms with van der Waals surface area (Å²) in [7, 11) is 0. The van der Waals surface area contributed by atoms with Crippen molar-refractivity contribution in [3.63, 3.8) is 0 Å². The molecule has 0 unspecified atom stereocenters. The van der Waals surface area contributed by atoms with Crippen molar-refractivity contribution in [1.82, 2.24) is 29.5 Å². The van der Waals surface area contributed by atoms with Gasteiger partial charge in [0.25, 0.3) is 0 Å². The van der Waals surface area contributed by atoms with E-state index in [0.717, 1.165) is 19.6 Å². The second-order valence-electron chi connectivity index (χ2n) is 3.59. The van der Waals surface area contributed by atoms with Crippen LogP contribution in [0.25, 0.3) is 0 Å². The third-order valence-corrected chi connectivity index (χ3v) is 2.20. The summed E-state index contributed by atoms with van der Waals surface area (Å²) in [6.45, 7) is 1.05. The number of nitrogens with zero attached hydrogens (tertiary/aromatic N) is 6. The van der Waals surface area contributed by atoms with Gasteiger partial charge in [-0.25, -0.2) is 14.8 Å². The first kappa shape index (κ1) is 14.0. The fourth-order valence-electron chi connectivity index (χ4n) is 1.24. The number of rotatable bonds is 1. The van der Waals surface area contributed by atoms with Crippen molar-refractivity contribution in [1.29, 1.82) is 0 Å². The van der Waals surface area contributed by atoms with Crippen LogP contribution < -0.4 is 0 Å². The lowest BCUT2D eigenvalue weighted by molar-refractivity contribution is -0.292. The Morgan fingerprint density at radius 3 is 2.40 bits per heavy atom. The Hall–Kier alpha value is -2.40. The van der Waals surface area contributed by atoms with Crippen LogP contribution in [-0.2, 0) is 5.92 Å². The first-order chi connectivity index (χ1) is 9.14. The van der Waals surface area contributed by atoms with Gasteiger partial charge in [-0.2, -0.15) is 36.4 Å². The Bertz CT molecular complexity index is 630. The van der Waals surface area contributed by atoms with E-state index in [1.165, 1.54) is 0 Å². The predicted octanol–water partition coefficient (Wildman–Crippen LogP) is 1.35. The van der Waals surface area contributed by atoms with Crippen LogP contribution in [0.5, 0.6) is 0 Å². The van der Waals surface area contributed by atoms with Crippen LogP contribution in [0.1, 0.15) is 11.6 Å². The highest BCUT2D eigenvalue weighted by Crippen LogP contribution is 2.42. The summed E-state index contributed by atoms with van der Waals surface area (Å²) in [5, 5.41) is 6.31. The summed E-state index contributed by atoms with van der Waals surface area (Å²) in [5.74, 6) is -7.51. The number of hydrogen-bond donors (Lipinski definition) is 0. The van der Waals surface area contributed by atoms with E-state index in [2.05, 4.69) is 20.2 Å². The average Bonchev–Trinajstić information content (AvgIpc) is 2.95. The molecular weight excluding hydrogens is 291 g/mol. The van der Waals surface area contributed by atoms with Gasteiger partial charge in [-0.3, -0.25) is 0 Å². The molecule has 0 aliphatic carbocycles. The maximum atomic E-state index is 13.1. The van der Waals surface area contributed by atoms with Gasteiger partial charge in [0.1, 0.15) is 18.5 Å². The number of aryl methyl sites for hydroxylation is 1. The van der Waals surface area contributed by atoms with E-state index in [0.29, 0.717) is 4.68 Å². The van der Waals surface area contributed by atoms with Crippen molar-refractivity contribution in [2.24, 2.45) is 0 Å². The number of halogens is 5. The molecule has 2 aromatic heterocycles. The van der Waals surface area contributed by atoms with Gasteiger partial charge in [-0.05, 0) is 6.92 Å². The van der Waals surface area contributed by atoms with E-state index in [-0.39, 0.29) is 4.68 Å². The zero-order valence-corrected chi connectivity index (χ0v) is 9.64. The molecule has 7 nitrogen and oxygen atoms in total. The minimum absolute atomic E-state index is 0.281. The third kappa shape index (κ3) is 2.12. The minimum Gasteiger partial charge on any atom is -0.243 e. The molecule has 2 rings (SSSR count). The van der Waals surface area contributed by atoms with E-state index >= 15 is 0 Å². The Labute approximate surface area is 107 Å². The molecule has 2 aromatic rings. The molecule has 0 saturated carbocycles. The molecule has 0 spiro atoms. The number of hydrogen-bond acceptors (Lipinski definition) is 5. The van der Waals surface area contributed by atoms with Crippen LogP contribution in [0.2, 0.25) is 0 Å². The molecule has 0 aliphatic heterocycles. The van der Waals surface area contributed by atoms with Crippen LogP contribution in [0, 0.1) is 6.92 Å². The molecule has 0 N–H and O–H groups in total. The second kappa shape index (κ2) is 4.31. The van der Waals surface area contributed by atoms with Crippen molar-refractivity contribution in [2.45, 2.75) is 19.0 Å². The monoisotopic (exact) mass is 296 g/mol. The molecule has 0 radical (unpaired) electrons. The number of carbonyl (C=O) groups is 1. The van der Waals surface area contributed by atoms with Crippen molar-refractivity contribution < 1.29 is 26.7 Å². The Kier molecular flexibility index (Phi) is 3.02. The Morgan fingerprint density at radius 2 is 1.90 bits per heavy atom. The van der Waals surface area contributed by atoms with Crippen molar-refractivity contribution in [3.05, 3.63) is 24.3 Å². The molecule has 0 atom stereocenters. The fraction of sp³-hybridized carbons (Fsp3) is 0.375. The van der Waals surface area contributed by atoms with Crippen molar-refractivity contribution in [2.75, 3.05) is 0 Å². The lowest BCUT2D eigenvalue weighted by Crippen LogP contribution is -2.35. The quantitative estimate of drug-likeness (QED) is 0.742. The van der Waals surface area contributed by atoms with E-state index in [4.69, 9.17) is 0 Å². The zero-order chi connectivity index (χ0) is 15.1. The fourth-order valence-corrected chi connectivity index (χ4v) is 1.24. The lowest BCUT2D eigenvalue weighted by atomic mass is 10.3. The van der Waals surface area contributed by atoms with Crippen LogP contribution in [-0.4, -0.2) is 41.7 Å². The van der Waals surface area contributed by atoms with Gasteiger partial charge in [0.2, 0.25) is 5.82 Å². The summed E-state index contributed by atoms with van der Waals surface area (Å²) in [6, 6.07) is -1.09. The Balaban J connectivity index is 2.43. The van der Waals surface area contributed by atoms with Crippen LogP contribution in [0.15, 0.2) is 12.7 Å².